The Labute approximate surface area is 112 Å². The van der Waals surface area contributed by atoms with Gasteiger partial charge in [0.25, 0.3) is 0 Å². The van der Waals surface area contributed by atoms with Crippen LogP contribution in [0.5, 0.6) is 0 Å². The van der Waals surface area contributed by atoms with Crippen LogP contribution >= 0.6 is 0 Å². The van der Waals surface area contributed by atoms with Crippen molar-refractivity contribution in [1.29, 1.82) is 0 Å². The summed E-state index contributed by atoms with van der Waals surface area (Å²) in [5, 5.41) is 1.12. The van der Waals surface area contributed by atoms with Gasteiger partial charge in [-0.3, -0.25) is 0 Å². The molecule has 4 heteroatoms. The van der Waals surface area contributed by atoms with Crippen molar-refractivity contribution < 1.29 is 9.15 Å². The van der Waals surface area contributed by atoms with Gasteiger partial charge in [0.2, 0.25) is 0 Å². The predicted octanol–water partition coefficient (Wildman–Crippen LogP) is 2.98. The van der Waals surface area contributed by atoms with E-state index in [0.29, 0.717) is 0 Å². The smallest absolute Gasteiger partial charge is 0.139 e. The molecule has 1 spiro atoms. The third-order valence-electron chi connectivity index (χ3n) is 4.52. The number of furan rings is 1. The van der Waals surface area contributed by atoms with Crippen LogP contribution < -0.4 is 4.90 Å². The molecule has 2 aromatic rings. The summed E-state index contributed by atoms with van der Waals surface area (Å²) in [4.78, 5) is 6.91. The highest BCUT2D eigenvalue weighted by Crippen LogP contribution is 2.37. The average molecular weight is 258 g/mol. The van der Waals surface area contributed by atoms with Gasteiger partial charge in [0.1, 0.15) is 11.4 Å². The highest BCUT2D eigenvalue weighted by molar-refractivity contribution is 5.88. The van der Waals surface area contributed by atoms with Crippen LogP contribution in [0.3, 0.4) is 0 Å². The molecular weight excluding hydrogens is 240 g/mol. The van der Waals surface area contributed by atoms with Crippen molar-refractivity contribution in [3.8, 4) is 0 Å². The summed E-state index contributed by atoms with van der Waals surface area (Å²) in [6.07, 6.45) is 8.24. The van der Waals surface area contributed by atoms with E-state index < -0.39 is 0 Å². The lowest BCUT2D eigenvalue weighted by atomic mass is 9.88. The zero-order valence-corrected chi connectivity index (χ0v) is 11.0. The van der Waals surface area contributed by atoms with Crippen molar-refractivity contribution in [2.24, 2.45) is 0 Å². The van der Waals surface area contributed by atoms with Gasteiger partial charge in [-0.1, -0.05) is 0 Å². The van der Waals surface area contributed by atoms with E-state index in [0.717, 1.165) is 49.3 Å². The molecule has 19 heavy (non-hydrogen) atoms. The zero-order chi connectivity index (χ0) is 12.7. The van der Waals surface area contributed by atoms with E-state index in [9.17, 15) is 0 Å². The van der Waals surface area contributed by atoms with Gasteiger partial charge < -0.3 is 14.1 Å². The monoisotopic (exact) mass is 258 g/mol. The Morgan fingerprint density at radius 1 is 1.16 bits per heavy atom. The molecule has 100 valence electrons. The van der Waals surface area contributed by atoms with E-state index in [4.69, 9.17) is 9.15 Å². The number of hydrogen-bond donors (Lipinski definition) is 0. The second-order valence-electron chi connectivity index (χ2n) is 5.59. The number of ether oxygens (including phenoxy) is 1. The van der Waals surface area contributed by atoms with Crippen LogP contribution in [0.2, 0.25) is 0 Å². The molecule has 0 saturated carbocycles. The number of nitrogens with zero attached hydrogens (tertiary/aromatic N) is 2. The summed E-state index contributed by atoms with van der Waals surface area (Å²) in [5.41, 5.74) is 1.09. The fourth-order valence-electron chi connectivity index (χ4n) is 3.41. The Bertz CT molecular complexity index is 577. The van der Waals surface area contributed by atoms with Gasteiger partial charge in [-0.15, -0.1) is 0 Å². The highest BCUT2D eigenvalue weighted by atomic mass is 16.5. The normalized spacial score (nSPS) is 22.4. The lowest BCUT2D eigenvalue weighted by Gasteiger charge is -2.39. The topological polar surface area (TPSA) is 38.5 Å². The van der Waals surface area contributed by atoms with Crippen LogP contribution in [0, 0.1) is 0 Å². The van der Waals surface area contributed by atoms with E-state index in [1.165, 1.54) is 12.8 Å². The minimum atomic E-state index is 0.167. The molecule has 4 heterocycles. The molecule has 0 bridgehead atoms. The Morgan fingerprint density at radius 3 is 2.84 bits per heavy atom. The van der Waals surface area contributed by atoms with Gasteiger partial charge in [-0.25, -0.2) is 4.98 Å². The van der Waals surface area contributed by atoms with E-state index in [1.807, 2.05) is 18.3 Å². The fraction of sp³-hybridized carbons (Fsp3) is 0.533. The predicted molar refractivity (Wildman–Crippen MR) is 73.4 cm³/mol. The first-order valence-electron chi connectivity index (χ1n) is 7.08. The molecule has 4 rings (SSSR count). The van der Waals surface area contributed by atoms with Crippen LogP contribution in [0.4, 0.5) is 5.82 Å². The molecule has 0 radical (unpaired) electrons. The third kappa shape index (κ3) is 1.82. The van der Waals surface area contributed by atoms with Crippen molar-refractivity contribution in [3.05, 3.63) is 24.6 Å². The molecule has 0 unspecified atom stereocenters. The minimum absolute atomic E-state index is 0.167. The molecule has 2 aliphatic rings. The first-order valence-corrected chi connectivity index (χ1v) is 7.08. The van der Waals surface area contributed by atoms with E-state index in [-0.39, 0.29) is 5.60 Å². The number of aromatic nitrogens is 1. The quantitative estimate of drug-likeness (QED) is 0.788. The molecule has 0 aromatic carbocycles. The maximum absolute atomic E-state index is 5.97. The van der Waals surface area contributed by atoms with Crippen LogP contribution in [0.15, 0.2) is 29.0 Å². The first-order chi connectivity index (χ1) is 9.36. The second-order valence-corrected chi connectivity index (χ2v) is 5.59. The number of fused-ring (bicyclic) bond motifs is 1. The second kappa shape index (κ2) is 4.23. The number of rotatable bonds is 1. The van der Waals surface area contributed by atoms with Crippen molar-refractivity contribution >= 4 is 16.8 Å². The standard InChI is InChI=1S/C15H18N2O2/c1-4-15(19-10-1)5-8-17(9-6-15)14-12-3-11-18-13(12)2-7-16-14/h2-3,7,11H,1,4-6,8-10H2. The Balaban J connectivity index is 1.59. The SMILES string of the molecule is c1cc2occc2c(N2CCC3(CCCO3)CC2)n1. The van der Waals surface area contributed by atoms with Gasteiger partial charge in [0.05, 0.1) is 17.3 Å². The van der Waals surface area contributed by atoms with Gasteiger partial charge >= 0.3 is 0 Å². The lowest BCUT2D eigenvalue weighted by molar-refractivity contribution is -0.0146. The maximum atomic E-state index is 5.97. The lowest BCUT2D eigenvalue weighted by Crippen LogP contribution is -2.44. The van der Waals surface area contributed by atoms with E-state index in [1.54, 1.807) is 6.26 Å². The van der Waals surface area contributed by atoms with E-state index in [2.05, 4.69) is 9.88 Å². The fourth-order valence-corrected chi connectivity index (χ4v) is 3.41. The van der Waals surface area contributed by atoms with Crippen LogP contribution in [-0.2, 0) is 4.74 Å². The molecule has 0 atom stereocenters. The van der Waals surface area contributed by atoms with Crippen molar-refractivity contribution in [2.45, 2.75) is 31.3 Å². The van der Waals surface area contributed by atoms with Crippen molar-refractivity contribution in [1.82, 2.24) is 4.98 Å². The third-order valence-corrected chi connectivity index (χ3v) is 4.52. The molecule has 0 amide bonds. The van der Waals surface area contributed by atoms with Gasteiger partial charge in [0, 0.05) is 25.9 Å². The number of piperidine rings is 1. The number of hydrogen-bond acceptors (Lipinski definition) is 4. The minimum Gasteiger partial charge on any atom is -0.464 e. The van der Waals surface area contributed by atoms with Crippen molar-refractivity contribution in [2.75, 3.05) is 24.6 Å². The van der Waals surface area contributed by atoms with Crippen LogP contribution in [0.25, 0.3) is 11.0 Å². The largest absolute Gasteiger partial charge is 0.464 e. The molecule has 2 aliphatic heterocycles. The van der Waals surface area contributed by atoms with Crippen LogP contribution in [0.1, 0.15) is 25.7 Å². The number of anilines is 1. The molecule has 2 saturated heterocycles. The molecular formula is C15H18N2O2. The van der Waals surface area contributed by atoms with E-state index >= 15 is 0 Å². The average Bonchev–Trinajstić information content (AvgIpc) is 3.09. The summed E-state index contributed by atoms with van der Waals surface area (Å²) < 4.78 is 11.4. The number of pyridine rings is 1. The van der Waals surface area contributed by atoms with Crippen molar-refractivity contribution in [3.63, 3.8) is 0 Å². The molecule has 4 nitrogen and oxygen atoms in total. The summed E-state index contributed by atoms with van der Waals surface area (Å²) in [5.74, 6) is 1.05. The molecule has 0 N–H and O–H groups in total. The maximum Gasteiger partial charge on any atom is 0.139 e. The Morgan fingerprint density at radius 2 is 2.05 bits per heavy atom. The summed E-state index contributed by atoms with van der Waals surface area (Å²) in [6, 6.07) is 3.93. The van der Waals surface area contributed by atoms with Gasteiger partial charge in [-0.2, -0.15) is 0 Å². The highest BCUT2D eigenvalue weighted by Gasteiger charge is 2.38. The van der Waals surface area contributed by atoms with Gasteiger partial charge in [-0.05, 0) is 37.8 Å². The Kier molecular flexibility index (Phi) is 2.52. The first kappa shape index (κ1) is 11.3. The zero-order valence-electron chi connectivity index (χ0n) is 11.0. The summed E-state index contributed by atoms with van der Waals surface area (Å²) >= 11 is 0. The molecule has 0 aliphatic carbocycles. The van der Waals surface area contributed by atoms with Crippen LogP contribution in [-0.4, -0.2) is 30.3 Å². The summed E-state index contributed by atoms with van der Waals surface area (Å²) in [7, 11) is 0. The summed E-state index contributed by atoms with van der Waals surface area (Å²) in [6.45, 7) is 2.99. The molecule has 2 fully saturated rings. The van der Waals surface area contributed by atoms with Gasteiger partial charge in [0.15, 0.2) is 0 Å². The molecule has 2 aromatic heterocycles. The Hall–Kier alpha value is -1.55.